The SMILES string of the molecule is Cc1nc2c(cnn2C(C)C)cc1C(=O)N(C)CCc1ccccn1. The molecule has 6 nitrogen and oxygen atoms in total. The number of aromatic nitrogens is 4. The van der Waals surface area contributed by atoms with Crippen molar-refractivity contribution < 1.29 is 4.79 Å². The van der Waals surface area contributed by atoms with Crippen molar-refractivity contribution in [2.45, 2.75) is 33.2 Å². The molecule has 3 heterocycles. The third kappa shape index (κ3) is 3.52. The Bertz CT molecular complexity index is 885. The predicted octanol–water partition coefficient (Wildman–Crippen LogP) is 3.03. The van der Waals surface area contributed by atoms with E-state index >= 15 is 0 Å². The van der Waals surface area contributed by atoms with Gasteiger partial charge in [-0.25, -0.2) is 9.67 Å². The third-order valence-electron chi connectivity index (χ3n) is 4.26. The third-order valence-corrected chi connectivity index (χ3v) is 4.26. The van der Waals surface area contributed by atoms with Gasteiger partial charge in [-0.05, 0) is 39.0 Å². The lowest BCUT2D eigenvalue weighted by molar-refractivity contribution is 0.0795. The maximum atomic E-state index is 12.8. The standard InChI is InChI=1S/C19H23N5O/c1-13(2)24-18-15(12-21-24)11-17(14(3)22-18)19(25)23(4)10-8-16-7-5-6-9-20-16/h5-7,9,11-13H,8,10H2,1-4H3. The largest absolute Gasteiger partial charge is 0.341 e. The molecule has 0 atom stereocenters. The molecule has 130 valence electrons. The van der Waals surface area contributed by atoms with E-state index in [-0.39, 0.29) is 11.9 Å². The lowest BCUT2D eigenvalue weighted by Gasteiger charge is -2.18. The second-order valence-electron chi connectivity index (χ2n) is 6.51. The fourth-order valence-electron chi connectivity index (χ4n) is 2.80. The molecule has 0 fully saturated rings. The number of pyridine rings is 2. The molecular formula is C19H23N5O. The quantitative estimate of drug-likeness (QED) is 0.718. The van der Waals surface area contributed by atoms with E-state index in [0.29, 0.717) is 12.1 Å². The Hall–Kier alpha value is -2.76. The summed E-state index contributed by atoms with van der Waals surface area (Å²) in [6.07, 6.45) is 4.26. The van der Waals surface area contributed by atoms with Gasteiger partial charge in [0, 0.05) is 43.3 Å². The molecule has 0 aliphatic rings. The molecule has 6 heteroatoms. The van der Waals surface area contributed by atoms with Crippen LogP contribution in [0.2, 0.25) is 0 Å². The number of nitrogens with zero attached hydrogens (tertiary/aromatic N) is 5. The number of fused-ring (bicyclic) bond motifs is 1. The van der Waals surface area contributed by atoms with Crippen LogP contribution in [0.5, 0.6) is 0 Å². The Morgan fingerprint density at radius 2 is 2.12 bits per heavy atom. The van der Waals surface area contributed by atoms with Crippen molar-refractivity contribution in [3.63, 3.8) is 0 Å². The Morgan fingerprint density at radius 1 is 1.32 bits per heavy atom. The van der Waals surface area contributed by atoms with Gasteiger partial charge in [0.2, 0.25) is 0 Å². The fourth-order valence-corrected chi connectivity index (χ4v) is 2.80. The van der Waals surface area contributed by atoms with E-state index in [4.69, 9.17) is 0 Å². The molecule has 0 spiro atoms. The summed E-state index contributed by atoms with van der Waals surface area (Å²) in [7, 11) is 1.81. The maximum Gasteiger partial charge on any atom is 0.255 e. The van der Waals surface area contributed by atoms with E-state index in [1.165, 1.54) is 0 Å². The molecule has 0 saturated heterocycles. The van der Waals surface area contributed by atoms with E-state index < -0.39 is 0 Å². The minimum absolute atomic E-state index is 0.0277. The van der Waals surface area contributed by atoms with Crippen LogP contribution in [-0.2, 0) is 6.42 Å². The summed E-state index contributed by atoms with van der Waals surface area (Å²) in [4.78, 5) is 23.4. The van der Waals surface area contributed by atoms with E-state index in [9.17, 15) is 4.79 Å². The summed E-state index contributed by atoms with van der Waals surface area (Å²) >= 11 is 0. The van der Waals surface area contributed by atoms with Crippen LogP contribution in [0.4, 0.5) is 0 Å². The van der Waals surface area contributed by atoms with Crippen molar-refractivity contribution in [3.8, 4) is 0 Å². The Labute approximate surface area is 147 Å². The van der Waals surface area contributed by atoms with Crippen LogP contribution in [-0.4, -0.2) is 44.1 Å². The first-order chi connectivity index (χ1) is 12.0. The van der Waals surface area contributed by atoms with Crippen molar-refractivity contribution >= 4 is 16.9 Å². The molecule has 0 unspecified atom stereocenters. The monoisotopic (exact) mass is 337 g/mol. The van der Waals surface area contributed by atoms with Crippen molar-refractivity contribution in [2.75, 3.05) is 13.6 Å². The van der Waals surface area contributed by atoms with Gasteiger partial charge in [0.1, 0.15) is 0 Å². The first kappa shape index (κ1) is 17.1. The Balaban J connectivity index is 1.80. The van der Waals surface area contributed by atoms with Crippen LogP contribution in [0.15, 0.2) is 36.7 Å². The highest BCUT2D eigenvalue weighted by Crippen LogP contribution is 2.20. The molecule has 3 aromatic heterocycles. The Morgan fingerprint density at radius 3 is 2.80 bits per heavy atom. The van der Waals surface area contributed by atoms with Crippen LogP contribution >= 0.6 is 0 Å². The van der Waals surface area contributed by atoms with Gasteiger partial charge in [0.15, 0.2) is 5.65 Å². The molecule has 3 rings (SSSR count). The number of carbonyl (C=O) groups is 1. The summed E-state index contributed by atoms with van der Waals surface area (Å²) in [6.45, 7) is 6.61. The average Bonchev–Trinajstić information content (AvgIpc) is 3.02. The van der Waals surface area contributed by atoms with Gasteiger partial charge in [-0.15, -0.1) is 0 Å². The number of amides is 1. The Kier molecular flexibility index (Phi) is 4.79. The second-order valence-corrected chi connectivity index (χ2v) is 6.51. The van der Waals surface area contributed by atoms with E-state index in [0.717, 1.165) is 28.8 Å². The van der Waals surface area contributed by atoms with Gasteiger partial charge in [0.05, 0.1) is 17.5 Å². The summed E-state index contributed by atoms with van der Waals surface area (Å²) in [5.74, 6) is -0.0277. The molecule has 3 aromatic rings. The van der Waals surface area contributed by atoms with Crippen molar-refractivity contribution in [1.82, 2.24) is 24.6 Å². The summed E-state index contributed by atoms with van der Waals surface area (Å²) < 4.78 is 1.88. The fraction of sp³-hybridized carbons (Fsp3) is 0.368. The summed E-state index contributed by atoms with van der Waals surface area (Å²) in [6, 6.07) is 7.94. The van der Waals surface area contributed by atoms with Crippen molar-refractivity contribution in [1.29, 1.82) is 0 Å². The lowest BCUT2D eigenvalue weighted by atomic mass is 10.1. The van der Waals surface area contributed by atoms with E-state index in [2.05, 4.69) is 28.9 Å². The lowest BCUT2D eigenvalue weighted by Crippen LogP contribution is -2.29. The summed E-state index contributed by atoms with van der Waals surface area (Å²) in [5.41, 5.74) is 3.15. The number of aryl methyl sites for hydroxylation is 1. The molecule has 0 aromatic carbocycles. The van der Waals surface area contributed by atoms with E-state index in [1.54, 1.807) is 17.3 Å². The van der Waals surface area contributed by atoms with Gasteiger partial charge < -0.3 is 4.90 Å². The van der Waals surface area contributed by atoms with Crippen LogP contribution in [0.3, 0.4) is 0 Å². The van der Waals surface area contributed by atoms with Crippen molar-refractivity contribution in [3.05, 3.63) is 53.6 Å². The first-order valence-corrected chi connectivity index (χ1v) is 8.47. The van der Waals surface area contributed by atoms with Gasteiger partial charge in [-0.3, -0.25) is 9.78 Å². The highest BCUT2D eigenvalue weighted by Gasteiger charge is 2.18. The van der Waals surface area contributed by atoms with Crippen LogP contribution in [0.1, 0.15) is 41.6 Å². The van der Waals surface area contributed by atoms with Gasteiger partial charge in [-0.1, -0.05) is 6.07 Å². The number of hydrogen-bond donors (Lipinski definition) is 0. The molecule has 0 bridgehead atoms. The zero-order valence-electron chi connectivity index (χ0n) is 15.1. The van der Waals surface area contributed by atoms with Crippen LogP contribution in [0.25, 0.3) is 11.0 Å². The number of likely N-dealkylation sites (N-methyl/N-ethyl adjacent to an activating group) is 1. The zero-order valence-corrected chi connectivity index (χ0v) is 15.1. The van der Waals surface area contributed by atoms with Crippen molar-refractivity contribution in [2.24, 2.45) is 0 Å². The molecule has 0 N–H and O–H groups in total. The molecule has 0 radical (unpaired) electrons. The molecule has 25 heavy (non-hydrogen) atoms. The number of rotatable bonds is 5. The predicted molar refractivity (Wildman–Crippen MR) is 97.6 cm³/mol. The maximum absolute atomic E-state index is 12.8. The normalized spacial score (nSPS) is 11.2. The number of hydrogen-bond acceptors (Lipinski definition) is 4. The first-order valence-electron chi connectivity index (χ1n) is 8.47. The molecular weight excluding hydrogens is 314 g/mol. The van der Waals surface area contributed by atoms with Crippen LogP contribution < -0.4 is 0 Å². The highest BCUT2D eigenvalue weighted by atomic mass is 16.2. The molecule has 1 amide bonds. The van der Waals surface area contributed by atoms with Gasteiger partial charge in [-0.2, -0.15) is 5.10 Å². The number of carbonyl (C=O) groups excluding carboxylic acids is 1. The topological polar surface area (TPSA) is 63.9 Å². The van der Waals surface area contributed by atoms with E-state index in [1.807, 2.05) is 42.9 Å². The average molecular weight is 337 g/mol. The smallest absolute Gasteiger partial charge is 0.255 e. The van der Waals surface area contributed by atoms with Crippen LogP contribution in [0, 0.1) is 6.92 Å². The minimum atomic E-state index is -0.0277. The minimum Gasteiger partial charge on any atom is -0.341 e. The summed E-state index contributed by atoms with van der Waals surface area (Å²) in [5, 5.41) is 5.27. The van der Waals surface area contributed by atoms with Gasteiger partial charge >= 0.3 is 0 Å². The molecule has 0 aliphatic heterocycles. The van der Waals surface area contributed by atoms with Gasteiger partial charge in [0.25, 0.3) is 5.91 Å². The molecule has 0 saturated carbocycles. The second kappa shape index (κ2) is 7.01. The zero-order chi connectivity index (χ0) is 18.0. The highest BCUT2D eigenvalue weighted by molar-refractivity contribution is 5.98. The molecule has 0 aliphatic carbocycles.